The highest BCUT2D eigenvalue weighted by Gasteiger charge is 2.32. The molecule has 0 atom stereocenters. The first-order valence-corrected chi connectivity index (χ1v) is 5.71. The molecule has 0 bridgehead atoms. The Morgan fingerprint density at radius 1 is 1.05 bits per heavy atom. The second-order valence-corrected chi connectivity index (χ2v) is 4.14. The summed E-state index contributed by atoms with van der Waals surface area (Å²) in [5, 5.41) is 0. The zero-order chi connectivity index (χ0) is 14.8. The van der Waals surface area contributed by atoms with Crippen molar-refractivity contribution in [3.8, 4) is 5.75 Å². The Balaban J connectivity index is 2.12. The third kappa shape index (κ3) is 3.20. The average Bonchev–Trinajstić information content (AvgIpc) is 2.36. The van der Waals surface area contributed by atoms with E-state index in [9.17, 15) is 17.6 Å². The predicted molar refractivity (Wildman–Crippen MR) is 66.6 cm³/mol. The summed E-state index contributed by atoms with van der Waals surface area (Å²) in [5.41, 5.74) is 4.51. The van der Waals surface area contributed by atoms with Crippen LogP contribution in [0.5, 0.6) is 5.75 Å². The summed E-state index contributed by atoms with van der Waals surface area (Å²) in [7, 11) is 0. The highest BCUT2D eigenvalue weighted by molar-refractivity contribution is 5.50. The molecule has 0 saturated heterocycles. The van der Waals surface area contributed by atoms with Gasteiger partial charge in [-0.25, -0.2) is 4.39 Å². The molecule has 0 amide bonds. The van der Waals surface area contributed by atoms with Gasteiger partial charge in [-0.1, -0.05) is 18.2 Å². The maximum atomic E-state index is 13.3. The third-order valence-electron chi connectivity index (χ3n) is 2.65. The van der Waals surface area contributed by atoms with Gasteiger partial charge in [-0.05, 0) is 29.8 Å². The second kappa shape index (κ2) is 5.40. The Morgan fingerprint density at radius 3 is 2.35 bits per heavy atom. The monoisotopic (exact) mass is 285 g/mol. The highest BCUT2D eigenvalue weighted by Crippen LogP contribution is 2.33. The lowest BCUT2D eigenvalue weighted by Crippen LogP contribution is -2.09. The minimum atomic E-state index is -4.49. The predicted octanol–water partition coefficient (Wildman–Crippen LogP) is 4.01. The van der Waals surface area contributed by atoms with Crippen molar-refractivity contribution in [2.45, 2.75) is 12.8 Å². The van der Waals surface area contributed by atoms with Gasteiger partial charge >= 0.3 is 6.18 Å². The fourth-order valence-corrected chi connectivity index (χ4v) is 1.68. The standard InChI is InChI=1S/C14H11F4NO/c15-11-3-1-2-4-13(11)20-8-9-5-6-10(12(19)7-9)14(16,17)18/h1-7H,8,19H2. The van der Waals surface area contributed by atoms with Gasteiger partial charge in [-0.2, -0.15) is 13.2 Å². The average molecular weight is 285 g/mol. The van der Waals surface area contributed by atoms with E-state index in [-0.39, 0.29) is 18.0 Å². The lowest BCUT2D eigenvalue weighted by atomic mass is 10.1. The minimum absolute atomic E-state index is 0.0333. The number of nitrogens with two attached hydrogens (primary N) is 1. The fraction of sp³-hybridized carbons (Fsp3) is 0.143. The molecule has 6 heteroatoms. The summed E-state index contributed by atoms with van der Waals surface area (Å²) in [5.74, 6) is -0.502. The van der Waals surface area contributed by atoms with Crippen LogP contribution in [0, 0.1) is 5.82 Å². The van der Waals surface area contributed by atoms with Crippen molar-refractivity contribution < 1.29 is 22.3 Å². The van der Waals surface area contributed by atoms with Crippen molar-refractivity contribution in [2.24, 2.45) is 0 Å². The van der Waals surface area contributed by atoms with Crippen LogP contribution in [0.25, 0.3) is 0 Å². The van der Waals surface area contributed by atoms with Gasteiger partial charge in [0.1, 0.15) is 6.61 Å². The van der Waals surface area contributed by atoms with E-state index in [0.29, 0.717) is 5.56 Å². The van der Waals surface area contributed by atoms with E-state index in [0.717, 1.165) is 6.07 Å². The number of halogens is 4. The zero-order valence-electron chi connectivity index (χ0n) is 10.2. The maximum absolute atomic E-state index is 13.3. The Hall–Kier alpha value is -2.24. The number of benzene rings is 2. The van der Waals surface area contributed by atoms with E-state index in [1.165, 1.54) is 30.3 Å². The minimum Gasteiger partial charge on any atom is -0.486 e. The van der Waals surface area contributed by atoms with Crippen LogP contribution < -0.4 is 10.5 Å². The molecule has 0 radical (unpaired) electrons. The summed E-state index contributed by atoms with van der Waals surface area (Å²) in [6.45, 7) is -0.0662. The van der Waals surface area contributed by atoms with Gasteiger partial charge < -0.3 is 10.5 Å². The van der Waals surface area contributed by atoms with Crippen molar-refractivity contribution in [1.29, 1.82) is 0 Å². The Bertz CT molecular complexity index is 610. The molecule has 0 saturated carbocycles. The zero-order valence-corrected chi connectivity index (χ0v) is 10.2. The lowest BCUT2D eigenvalue weighted by molar-refractivity contribution is -0.136. The number of rotatable bonds is 3. The summed E-state index contributed by atoms with van der Waals surface area (Å²) in [4.78, 5) is 0. The molecule has 2 aromatic rings. The van der Waals surface area contributed by atoms with Crippen molar-refractivity contribution in [3.05, 3.63) is 59.4 Å². The quantitative estimate of drug-likeness (QED) is 0.683. The van der Waals surface area contributed by atoms with Crippen molar-refractivity contribution >= 4 is 5.69 Å². The van der Waals surface area contributed by atoms with Gasteiger partial charge in [0.2, 0.25) is 0 Å². The van der Waals surface area contributed by atoms with E-state index in [1.807, 2.05) is 0 Å². The lowest BCUT2D eigenvalue weighted by Gasteiger charge is -2.12. The van der Waals surface area contributed by atoms with Crippen molar-refractivity contribution in [1.82, 2.24) is 0 Å². The first kappa shape index (κ1) is 14.2. The highest BCUT2D eigenvalue weighted by atomic mass is 19.4. The van der Waals surface area contributed by atoms with E-state index in [1.54, 1.807) is 6.07 Å². The number of hydrogen-bond acceptors (Lipinski definition) is 2. The molecule has 0 unspecified atom stereocenters. The molecule has 0 spiro atoms. The molecule has 2 N–H and O–H groups in total. The number of ether oxygens (including phenoxy) is 1. The van der Waals surface area contributed by atoms with Crippen LogP contribution in [0.1, 0.15) is 11.1 Å². The van der Waals surface area contributed by atoms with E-state index in [4.69, 9.17) is 10.5 Å². The Kier molecular flexibility index (Phi) is 3.83. The molecule has 20 heavy (non-hydrogen) atoms. The van der Waals surface area contributed by atoms with Gasteiger partial charge in [0.05, 0.1) is 5.56 Å². The molecule has 0 heterocycles. The summed E-state index contributed by atoms with van der Waals surface area (Å²) < 4.78 is 56.1. The van der Waals surface area contributed by atoms with Gasteiger partial charge in [0.15, 0.2) is 11.6 Å². The summed E-state index contributed by atoms with van der Waals surface area (Å²) in [6, 6.07) is 9.08. The second-order valence-electron chi connectivity index (χ2n) is 4.14. The Labute approximate surface area is 112 Å². The van der Waals surface area contributed by atoms with Crippen LogP contribution in [0.15, 0.2) is 42.5 Å². The summed E-state index contributed by atoms with van der Waals surface area (Å²) >= 11 is 0. The molecule has 0 aliphatic heterocycles. The summed E-state index contributed by atoms with van der Waals surface area (Å²) in [6.07, 6.45) is -4.49. The smallest absolute Gasteiger partial charge is 0.418 e. The molecule has 0 aliphatic rings. The van der Waals surface area contributed by atoms with Gasteiger partial charge in [-0.15, -0.1) is 0 Å². The first-order valence-electron chi connectivity index (χ1n) is 5.71. The molecule has 0 aliphatic carbocycles. The normalized spacial score (nSPS) is 11.4. The number of alkyl halides is 3. The molecular weight excluding hydrogens is 274 g/mol. The van der Waals surface area contributed by atoms with Crippen molar-refractivity contribution in [3.63, 3.8) is 0 Å². The topological polar surface area (TPSA) is 35.2 Å². The van der Waals surface area contributed by atoms with Crippen molar-refractivity contribution in [2.75, 3.05) is 5.73 Å². The number of nitrogen functional groups attached to an aromatic ring is 1. The maximum Gasteiger partial charge on any atom is 0.418 e. The number of hydrogen-bond donors (Lipinski definition) is 1. The van der Waals surface area contributed by atoms with Crippen LogP contribution in [0.3, 0.4) is 0 Å². The molecule has 2 nitrogen and oxygen atoms in total. The van der Waals surface area contributed by atoms with E-state index < -0.39 is 17.6 Å². The van der Waals surface area contributed by atoms with Crippen LogP contribution in [-0.4, -0.2) is 0 Å². The molecule has 2 rings (SSSR count). The molecule has 0 fully saturated rings. The van der Waals surface area contributed by atoms with E-state index in [2.05, 4.69) is 0 Å². The molecular formula is C14H11F4NO. The molecule has 2 aromatic carbocycles. The van der Waals surface area contributed by atoms with Crippen LogP contribution >= 0.6 is 0 Å². The SMILES string of the molecule is Nc1cc(COc2ccccc2F)ccc1C(F)(F)F. The van der Waals surface area contributed by atoms with Crippen LogP contribution in [0.2, 0.25) is 0 Å². The van der Waals surface area contributed by atoms with E-state index >= 15 is 0 Å². The van der Waals surface area contributed by atoms with Gasteiger partial charge in [0.25, 0.3) is 0 Å². The fourth-order valence-electron chi connectivity index (χ4n) is 1.68. The largest absolute Gasteiger partial charge is 0.486 e. The first-order chi connectivity index (χ1) is 9.38. The number of para-hydroxylation sites is 1. The Morgan fingerprint density at radius 2 is 1.75 bits per heavy atom. The molecule has 106 valence electrons. The molecule has 0 aromatic heterocycles. The van der Waals surface area contributed by atoms with Crippen LogP contribution in [-0.2, 0) is 12.8 Å². The van der Waals surface area contributed by atoms with Gasteiger partial charge in [0, 0.05) is 5.69 Å². The van der Waals surface area contributed by atoms with Crippen LogP contribution in [0.4, 0.5) is 23.2 Å². The third-order valence-corrected chi connectivity index (χ3v) is 2.65. The number of anilines is 1. The van der Waals surface area contributed by atoms with Gasteiger partial charge in [-0.3, -0.25) is 0 Å².